The van der Waals surface area contributed by atoms with Crippen molar-refractivity contribution in [1.82, 2.24) is 0 Å². The predicted octanol–water partition coefficient (Wildman–Crippen LogP) is 0.414. The molecule has 108 valence electrons. The molecule has 1 unspecified atom stereocenters. The Morgan fingerprint density at radius 2 is 2.25 bits per heavy atom. The molecule has 0 spiro atoms. The van der Waals surface area contributed by atoms with Gasteiger partial charge in [-0.1, -0.05) is 0 Å². The average Bonchev–Trinajstić information content (AvgIpc) is 2.45. The van der Waals surface area contributed by atoms with Crippen LogP contribution in [0.25, 0.3) is 0 Å². The first kappa shape index (κ1) is 14.8. The molecule has 1 aromatic carbocycles. The minimum atomic E-state index is -3.81. The second-order valence-corrected chi connectivity index (χ2v) is 6.53. The molecule has 3 N–H and O–H groups in total. The summed E-state index contributed by atoms with van der Waals surface area (Å²) in [6.45, 7) is 1.58. The molecule has 0 amide bonds. The fourth-order valence-electron chi connectivity index (χ4n) is 2.49. The van der Waals surface area contributed by atoms with E-state index >= 15 is 0 Å². The van der Waals surface area contributed by atoms with E-state index in [1.165, 1.54) is 12.1 Å². The van der Waals surface area contributed by atoms with Crippen LogP contribution in [0, 0.1) is 17.2 Å². The van der Waals surface area contributed by atoms with Gasteiger partial charge in [0.2, 0.25) is 10.0 Å². The average molecular weight is 295 g/mol. The zero-order valence-electron chi connectivity index (χ0n) is 11.0. The first-order valence-corrected chi connectivity index (χ1v) is 7.93. The second-order valence-electron chi connectivity index (χ2n) is 4.97. The fourth-order valence-corrected chi connectivity index (χ4v) is 3.03. The van der Waals surface area contributed by atoms with Gasteiger partial charge < -0.3 is 10.0 Å². The lowest BCUT2D eigenvalue weighted by Gasteiger charge is -2.34. The molecule has 0 aliphatic carbocycles. The number of hydrogen-bond donors (Lipinski definition) is 2. The van der Waals surface area contributed by atoms with Gasteiger partial charge in [-0.05, 0) is 37.0 Å². The van der Waals surface area contributed by atoms with Crippen molar-refractivity contribution >= 4 is 15.7 Å². The molecule has 20 heavy (non-hydrogen) atoms. The summed E-state index contributed by atoms with van der Waals surface area (Å²) >= 11 is 0. The SMILES string of the molecule is N#Cc1cc(S(N)(=O)=O)ccc1N1CCCC(CO)C1. The number of sulfonamides is 1. The summed E-state index contributed by atoms with van der Waals surface area (Å²) in [6, 6.07) is 6.33. The van der Waals surface area contributed by atoms with Crippen LogP contribution in [0.1, 0.15) is 18.4 Å². The fraction of sp³-hybridized carbons (Fsp3) is 0.462. The lowest BCUT2D eigenvalue weighted by Crippen LogP contribution is -2.37. The molecular formula is C13H17N3O3S. The van der Waals surface area contributed by atoms with E-state index in [1.807, 2.05) is 11.0 Å². The van der Waals surface area contributed by atoms with Crippen molar-refractivity contribution in [3.63, 3.8) is 0 Å². The number of anilines is 1. The highest BCUT2D eigenvalue weighted by atomic mass is 32.2. The van der Waals surface area contributed by atoms with Crippen LogP contribution >= 0.6 is 0 Å². The molecule has 6 nitrogen and oxygen atoms in total. The van der Waals surface area contributed by atoms with E-state index in [-0.39, 0.29) is 23.0 Å². The Morgan fingerprint density at radius 1 is 1.50 bits per heavy atom. The molecule has 1 fully saturated rings. The van der Waals surface area contributed by atoms with Crippen molar-refractivity contribution in [2.24, 2.45) is 11.1 Å². The third kappa shape index (κ3) is 3.10. The first-order chi connectivity index (χ1) is 9.45. The van der Waals surface area contributed by atoms with E-state index in [0.717, 1.165) is 19.4 Å². The van der Waals surface area contributed by atoms with Gasteiger partial charge in [-0.25, -0.2) is 13.6 Å². The normalized spacial score (nSPS) is 19.6. The Hall–Kier alpha value is -1.62. The zero-order chi connectivity index (χ0) is 14.8. The van der Waals surface area contributed by atoms with Crippen LogP contribution in [-0.2, 0) is 10.0 Å². The van der Waals surface area contributed by atoms with E-state index in [1.54, 1.807) is 6.07 Å². The Kier molecular flexibility index (Phi) is 4.28. The number of aliphatic hydroxyl groups excluding tert-OH is 1. The van der Waals surface area contributed by atoms with Gasteiger partial charge in [-0.15, -0.1) is 0 Å². The lowest BCUT2D eigenvalue weighted by atomic mass is 9.98. The summed E-state index contributed by atoms with van der Waals surface area (Å²) in [5.74, 6) is 0.188. The standard InChI is InChI=1S/C13H17N3O3S/c14-7-11-6-12(20(15,18)19)3-4-13(11)16-5-1-2-10(8-16)9-17/h3-4,6,10,17H,1-2,5,8-9H2,(H2,15,18,19). The lowest BCUT2D eigenvalue weighted by molar-refractivity contribution is 0.208. The van der Waals surface area contributed by atoms with Crippen molar-refractivity contribution in [3.05, 3.63) is 23.8 Å². The first-order valence-electron chi connectivity index (χ1n) is 6.38. The molecule has 1 aromatic rings. The molecule has 7 heteroatoms. The maximum Gasteiger partial charge on any atom is 0.238 e. The molecular weight excluding hydrogens is 278 g/mol. The van der Waals surface area contributed by atoms with Crippen molar-refractivity contribution in [1.29, 1.82) is 5.26 Å². The van der Waals surface area contributed by atoms with E-state index < -0.39 is 10.0 Å². The number of hydrogen-bond acceptors (Lipinski definition) is 5. The third-order valence-electron chi connectivity index (χ3n) is 3.53. The summed E-state index contributed by atoms with van der Waals surface area (Å²) in [7, 11) is -3.81. The van der Waals surface area contributed by atoms with Crippen molar-refractivity contribution in [2.45, 2.75) is 17.7 Å². The van der Waals surface area contributed by atoms with Crippen LogP contribution in [0.5, 0.6) is 0 Å². The highest BCUT2D eigenvalue weighted by Gasteiger charge is 2.22. The Labute approximate surface area is 118 Å². The van der Waals surface area contributed by atoms with Crippen LogP contribution < -0.4 is 10.0 Å². The number of nitrogens with zero attached hydrogens (tertiary/aromatic N) is 2. The second kappa shape index (κ2) is 5.79. The van der Waals surface area contributed by atoms with Crippen molar-refractivity contribution < 1.29 is 13.5 Å². The van der Waals surface area contributed by atoms with Gasteiger partial charge in [0.15, 0.2) is 0 Å². The number of aliphatic hydroxyl groups is 1. The van der Waals surface area contributed by atoms with E-state index in [2.05, 4.69) is 0 Å². The molecule has 2 rings (SSSR count). The van der Waals surface area contributed by atoms with Crippen molar-refractivity contribution in [2.75, 3.05) is 24.6 Å². The molecule has 1 aliphatic rings. The van der Waals surface area contributed by atoms with Crippen LogP contribution in [0.2, 0.25) is 0 Å². The van der Waals surface area contributed by atoms with Crippen LogP contribution in [0.4, 0.5) is 5.69 Å². The van der Waals surface area contributed by atoms with Gasteiger partial charge in [-0.3, -0.25) is 0 Å². The smallest absolute Gasteiger partial charge is 0.238 e. The molecule has 0 bridgehead atoms. The van der Waals surface area contributed by atoms with Gasteiger partial charge in [0.1, 0.15) is 6.07 Å². The van der Waals surface area contributed by atoms with Crippen molar-refractivity contribution in [3.8, 4) is 6.07 Å². The molecule has 1 heterocycles. The van der Waals surface area contributed by atoms with Gasteiger partial charge in [0.25, 0.3) is 0 Å². The maximum atomic E-state index is 11.3. The minimum absolute atomic E-state index is 0.0616. The number of nitriles is 1. The number of benzene rings is 1. The monoisotopic (exact) mass is 295 g/mol. The summed E-state index contributed by atoms with van der Waals surface area (Å²) in [5, 5.41) is 23.5. The van der Waals surface area contributed by atoms with E-state index in [0.29, 0.717) is 12.2 Å². The molecule has 1 atom stereocenters. The minimum Gasteiger partial charge on any atom is -0.396 e. The quantitative estimate of drug-likeness (QED) is 0.840. The number of nitrogens with two attached hydrogens (primary N) is 1. The van der Waals surface area contributed by atoms with E-state index in [9.17, 15) is 18.8 Å². The topological polar surface area (TPSA) is 107 Å². The molecule has 0 aromatic heterocycles. The van der Waals surface area contributed by atoms with Crippen LogP contribution in [0.3, 0.4) is 0 Å². The number of rotatable bonds is 3. The number of primary sulfonamides is 1. The largest absolute Gasteiger partial charge is 0.396 e. The molecule has 0 radical (unpaired) electrons. The Balaban J connectivity index is 2.35. The van der Waals surface area contributed by atoms with Gasteiger partial charge >= 0.3 is 0 Å². The summed E-state index contributed by atoms with van der Waals surface area (Å²) in [4.78, 5) is 1.95. The highest BCUT2D eigenvalue weighted by molar-refractivity contribution is 7.89. The third-order valence-corrected chi connectivity index (χ3v) is 4.45. The Bertz CT molecular complexity index is 637. The molecule has 1 saturated heterocycles. The predicted molar refractivity (Wildman–Crippen MR) is 74.6 cm³/mol. The van der Waals surface area contributed by atoms with Gasteiger partial charge in [0, 0.05) is 19.7 Å². The zero-order valence-corrected chi connectivity index (χ0v) is 11.8. The molecule has 1 aliphatic heterocycles. The summed E-state index contributed by atoms with van der Waals surface area (Å²) in [6.07, 6.45) is 1.90. The van der Waals surface area contributed by atoms with Gasteiger partial charge in [0.05, 0.1) is 16.1 Å². The van der Waals surface area contributed by atoms with E-state index in [4.69, 9.17) is 5.14 Å². The number of piperidine rings is 1. The highest BCUT2D eigenvalue weighted by Crippen LogP contribution is 2.27. The summed E-state index contributed by atoms with van der Waals surface area (Å²) in [5.41, 5.74) is 0.980. The van der Waals surface area contributed by atoms with Crippen LogP contribution in [0.15, 0.2) is 23.1 Å². The Morgan fingerprint density at radius 3 is 2.85 bits per heavy atom. The van der Waals surface area contributed by atoms with Gasteiger partial charge in [-0.2, -0.15) is 5.26 Å². The maximum absolute atomic E-state index is 11.3. The van der Waals surface area contributed by atoms with Crippen LogP contribution in [-0.4, -0.2) is 33.2 Å². The molecule has 0 saturated carbocycles. The summed E-state index contributed by atoms with van der Waals surface area (Å²) < 4.78 is 22.6.